The number of benzene rings is 1. The Kier molecular flexibility index (Phi) is 2.40. The first-order chi connectivity index (χ1) is 8.74. The summed E-state index contributed by atoms with van der Waals surface area (Å²) >= 11 is 0. The number of anilines is 1. The summed E-state index contributed by atoms with van der Waals surface area (Å²) in [5.41, 5.74) is 7.02. The van der Waals surface area contributed by atoms with Gasteiger partial charge in [-0.2, -0.15) is 5.06 Å². The highest BCUT2D eigenvalue weighted by Crippen LogP contribution is 2.27. The van der Waals surface area contributed by atoms with Crippen LogP contribution in [0.4, 0.5) is 5.69 Å². The molecule has 0 fully saturated rings. The van der Waals surface area contributed by atoms with Crippen LogP contribution in [0.5, 0.6) is 0 Å². The van der Waals surface area contributed by atoms with E-state index in [0.717, 1.165) is 5.56 Å². The molecule has 0 radical (unpaired) electrons. The predicted octanol–water partition coefficient (Wildman–Crippen LogP) is 1.46. The average molecular weight is 246 g/mol. The molecule has 1 aliphatic heterocycles. The number of hydroxylamine groups is 3. The second-order valence-electron chi connectivity index (χ2n) is 3.65. The molecular formula is C11H10N4O3. The fraction of sp³-hybridized carbons (Fsp3) is 0. The summed E-state index contributed by atoms with van der Waals surface area (Å²) in [5, 5.41) is 11.1. The molecule has 18 heavy (non-hydrogen) atoms. The van der Waals surface area contributed by atoms with E-state index in [1.807, 2.05) is 24.3 Å². The smallest absolute Gasteiger partial charge is 0.181 e. The zero-order valence-corrected chi connectivity index (χ0v) is 9.22. The normalized spacial score (nSPS) is 15.1. The first kappa shape index (κ1) is 10.6. The number of hydrogen-bond acceptors (Lipinski definition) is 7. The molecule has 0 atom stereocenters. The monoisotopic (exact) mass is 246 g/mol. The molecule has 0 saturated carbocycles. The minimum Gasteiger partial charge on any atom is -0.444 e. The van der Waals surface area contributed by atoms with Crippen LogP contribution in [0.15, 0.2) is 53.3 Å². The number of nitrogens with zero attached hydrogens (tertiary/aromatic N) is 3. The van der Waals surface area contributed by atoms with Crippen LogP contribution in [0, 0.1) is 0 Å². The fourth-order valence-corrected chi connectivity index (χ4v) is 1.60. The minimum absolute atomic E-state index is 0.0973. The molecule has 7 nitrogen and oxygen atoms in total. The van der Waals surface area contributed by atoms with Crippen molar-refractivity contribution in [3.8, 4) is 11.3 Å². The molecule has 7 heteroatoms. The Morgan fingerprint density at radius 3 is 2.89 bits per heavy atom. The number of rotatable bonds is 2. The van der Waals surface area contributed by atoms with Gasteiger partial charge in [0.2, 0.25) is 0 Å². The molecule has 1 aromatic carbocycles. The van der Waals surface area contributed by atoms with Gasteiger partial charge in [-0.25, -0.2) is 4.98 Å². The lowest BCUT2D eigenvalue weighted by Crippen LogP contribution is -2.22. The molecule has 3 rings (SSSR count). The Labute approximate surface area is 102 Å². The van der Waals surface area contributed by atoms with Gasteiger partial charge in [0.1, 0.15) is 0 Å². The highest BCUT2D eigenvalue weighted by atomic mass is 17.0. The maximum Gasteiger partial charge on any atom is 0.181 e. The standard InChI is InChI=1S/C11H10N4O3/c12-11-6-14(18-15(11)16)9-3-1-2-8(4-9)10-5-13-7-17-10/h1-7,16H,12H2. The van der Waals surface area contributed by atoms with E-state index < -0.39 is 0 Å². The third-order valence-electron chi connectivity index (χ3n) is 2.45. The van der Waals surface area contributed by atoms with Crippen molar-refractivity contribution >= 4 is 5.69 Å². The van der Waals surface area contributed by atoms with Crippen LogP contribution in [0.2, 0.25) is 0 Å². The van der Waals surface area contributed by atoms with E-state index in [9.17, 15) is 5.21 Å². The summed E-state index contributed by atoms with van der Waals surface area (Å²) in [7, 11) is 0. The SMILES string of the molecule is NC1=CN(c2cccc(-c3cnco3)c2)ON1O. The van der Waals surface area contributed by atoms with Gasteiger partial charge in [-0.15, -0.1) is 4.94 Å². The second kappa shape index (κ2) is 4.06. The van der Waals surface area contributed by atoms with Gasteiger partial charge in [0.15, 0.2) is 18.0 Å². The third-order valence-corrected chi connectivity index (χ3v) is 2.45. The van der Waals surface area contributed by atoms with Crippen LogP contribution < -0.4 is 10.8 Å². The van der Waals surface area contributed by atoms with Crippen LogP contribution >= 0.6 is 0 Å². The van der Waals surface area contributed by atoms with Crippen LogP contribution in [-0.4, -0.2) is 15.4 Å². The van der Waals surface area contributed by atoms with Crippen LogP contribution in [0.25, 0.3) is 11.3 Å². The molecule has 2 aromatic rings. The zero-order chi connectivity index (χ0) is 12.5. The largest absolute Gasteiger partial charge is 0.444 e. The first-order valence-corrected chi connectivity index (χ1v) is 5.16. The molecule has 3 N–H and O–H groups in total. The van der Waals surface area contributed by atoms with E-state index in [4.69, 9.17) is 15.1 Å². The summed E-state index contributed by atoms with van der Waals surface area (Å²) in [6, 6.07) is 7.34. The van der Waals surface area contributed by atoms with Crippen LogP contribution in [0.1, 0.15) is 0 Å². The molecule has 1 aromatic heterocycles. The summed E-state index contributed by atoms with van der Waals surface area (Å²) in [5.74, 6) is 0.744. The van der Waals surface area contributed by atoms with Crippen molar-refractivity contribution in [3.05, 3.63) is 48.9 Å². The van der Waals surface area contributed by atoms with Gasteiger partial charge in [0, 0.05) is 5.56 Å². The minimum atomic E-state index is 0.0973. The molecule has 0 saturated heterocycles. The maximum atomic E-state index is 9.23. The van der Waals surface area contributed by atoms with Crippen LogP contribution in [-0.2, 0) is 4.94 Å². The summed E-state index contributed by atoms with van der Waals surface area (Å²) < 4.78 is 5.21. The lowest BCUT2D eigenvalue weighted by molar-refractivity contribution is -0.304. The van der Waals surface area contributed by atoms with E-state index in [-0.39, 0.29) is 5.82 Å². The van der Waals surface area contributed by atoms with E-state index in [1.165, 1.54) is 17.7 Å². The van der Waals surface area contributed by atoms with E-state index in [2.05, 4.69) is 4.98 Å². The van der Waals surface area contributed by atoms with Gasteiger partial charge in [-0.3, -0.25) is 5.21 Å². The van der Waals surface area contributed by atoms with E-state index >= 15 is 0 Å². The zero-order valence-electron chi connectivity index (χ0n) is 9.22. The van der Waals surface area contributed by atoms with Crippen LogP contribution in [0.3, 0.4) is 0 Å². The highest BCUT2D eigenvalue weighted by molar-refractivity contribution is 5.64. The van der Waals surface area contributed by atoms with Gasteiger partial charge in [-0.1, -0.05) is 17.4 Å². The van der Waals surface area contributed by atoms with E-state index in [0.29, 0.717) is 16.7 Å². The van der Waals surface area contributed by atoms with Crippen molar-refractivity contribution in [2.45, 2.75) is 0 Å². The van der Waals surface area contributed by atoms with Crippen molar-refractivity contribution in [1.29, 1.82) is 0 Å². The number of aromatic nitrogens is 1. The van der Waals surface area contributed by atoms with Crippen molar-refractivity contribution in [3.63, 3.8) is 0 Å². The summed E-state index contributed by atoms with van der Waals surface area (Å²) in [4.78, 5) is 8.85. The van der Waals surface area contributed by atoms with E-state index in [1.54, 1.807) is 6.20 Å². The van der Waals surface area contributed by atoms with Gasteiger partial charge in [0.05, 0.1) is 18.1 Å². The summed E-state index contributed by atoms with van der Waals surface area (Å²) in [6.45, 7) is 0. The molecule has 92 valence electrons. The highest BCUT2D eigenvalue weighted by Gasteiger charge is 2.20. The molecule has 0 amide bonds. The quantitative estimate of drug-likeness (QED) is 0.829. The molecule has 0 spiro atoms. The number of oxazole rings is 1. The maximum absolute atomic E-state index is 9.23. The second-order valence-corrected chi connectivity index (χ2v) is 3.65. The predicted molar refractivity (Wildman–Crippen MR) is 61.4 cm³/mol. The van der Waals surface area contributed by atoms with Gasteiger partial charge >= 0.3 is 0 Å². The lowest BCUT2D eigenvalue weighted by atomic mass is 10.1. The van der Waals surface area contributed by atoms with Crippen molar-refractivity contribution < 1.29 is 14.6 Å². The molecule has 0 aliphatic carbocycles. The Hall–Kier alpha value is -2.51. The number of nitrogens with two attached hydrogens (primary N) is 1. The molecule has 1 aliphatic rings. The molecule has 0 unspecified atom stereocenters. The van der Waals surface area contributed by atoms with Gasteiger partial charge in [0.25, 0.3) is 0 Å². The topological polar surface area (TPSA) is 88.0 Å². The summed E-state index contributed by atoms with van der Waals surface area (Å²) in [6.07, 6.45) is 4.44. The Morgan fingerprint density at radius 2 is 2.22 bits per heavy atom. The first-order valence-electron chi connectivity index (χ1n) is 5.16. The van der Waals surface area contributed by atoms with Gasteiger partial charge in [-0.05, 0) is 12.1 Å². The third kappa shape index (κ3) is 1.77. The Bertz CT molecular complexity index is 582. The fourth-order valence-electron chi connectivity index (χ4n) is 1.60. The van der Waals surface area contributed by atoms with Crippen molar-refractivity contribution in [1.82, 2.24) is 10.2 Å². The number of hydrogen-bond donors (Lipinski definition) is 2. The average Bonchev–Trinajstić information content (AvgIpc) is 3.01. The molecule has 2 heterocycles. The molecule has 0 bridgehead atoms. The van der Waals surface area contributed by atoms with Gasteiger partial charge < -0.3 is 10.2 Å². The Balaban J connectivity index is 1.93. The Morgan fingerprint density at radius 1 is 1.33 bits per heavy atom. The van der Waals surface area contributed by atoms with Crippen molar-refractivity contribution in [2.75, 3.05) is 5.06 Å². The van der Waals surface area contributed by atoms with Crippen molar-refractivity contribution in [2.24, 2.45) is 5.73 Å². The molecular weight excluding hydrogens is 236 g/mol. The lowest BCUT2D eigenvalue weighted by Gasteiger charge is -2.15.